The first-order chi connectivity index (χ1) is 16.4. The number of carbonyl (C=O) groups excluding carboxylic acids is 1. The van der Waals surface area contributed by atoms with Crippen LogP contribution in [0.4, 0.5) is 0 Å². The Kier molecular flexibility index (Phi) is 7.97. The second-order valence-corrected chi connectivity index (χ2v) is 10.3. The van der Waals surface area contributed by atoms with E-state index in [0.717, 1.165) is 0 Å². The molecule has 10 heteroatoms. The number of carboxylic acids is 2. The van der Waals surface area contributed by atoms with Crippen LogP contribution in [0.5, 0.6) is 5.75 Å². The first-order valence-corrected chi connectivity index (χ1v) is 11.9. The van der Waals surface area contributed by atoms with Crippen LogP contribution < -0.4 is 10.1 Å². The van der Waals surface area contributed by atoms with E-state index in [9.17, 15) is 24.6 Å². The summed E-state index contributed by atoms with van der Waals surface area (Å²) in [7, 11) is 0. The second-order valence-electron chi connectivity index (χ2n) is 9.53. The van der Waals surface area contributed by atoms with Crippen LogP contribution in [-0.4, -0.2) is 39.1 Å². The molecule has 1 aromatic carbocycles. The molecule has 1 aromatic heterocycles. The molecule has 3 atom stereocenters. The molecular formula is C25H28Cl2N2O6. The minimum absolute atomic E-state index is 0.0406. The lowest BCUT2D eigenvalue weighted by molar-refractivity contribution is -0.155. The highest BCUT2D eigenvalue weighted by Crippen LogP contribution is 2.56. The highest BCUT2D eigenvalue weighted by Gasteiger charge is 2.58. The van der Waals surface area contributed by atoms with Crippen molar-refractivity contribution in [2.24, 2.45) is 16.7 Å². The normalized spacial score (nSPS) is 21.8. The number of aromatic nitrogens is 1. The summed E-state index contributed by atoms with van der Waals surface area (Å²) in [4.78, 5) is 40.9. The third-order valence-corrected chi connectivity index (χ3v) is 7.99. The zero-order valence-electron chi connectivity index (χ0n) is 19.7. The van der Waals surface area contributed by atoms with Crippen molar-refractivity contribution in [1.82, 2.24) is 10.3 Å². The predicted molar refractivity (Wildman–Crippen MR) is 131 cm³/mol. The van der Waals surface area contributed by atoms with Gasteiger partial charge in [-0.25, -0.2) is 4.79 Å². The summed E-state index contributed by atoms with van der Waals surface area (Å²) < 4.78 is 5.69. The Bertz CT molecular complexity index is 1100. The molecule has 3 N–H and O–H groups in total. The SMILES string of the molecule is CC1(C)C(C(=O)NC(Cc2ccc(OCc3c(Cl)cccc3Cl)cn2)C(=O)O)CC[C@@]1(C)C(=O)O. The zero-order valence-corrected chi connectivity index (χ0v) is 21.2. The predicted octanol–water partition coefficient (Wildman–Crippen LogP) is 4.61. The van der Waals surface area contributed by atoms with Crippen LogP contribution in [-0.2, 0) is 27.4 Å². The molecule has 35 heavy (non-hydrogen) atoms. The van der Waals surface area contributed by atoms with Gasteiger partial charge in [-0.15, -0.1) is 0 Å². The Balaban J connectivity index is 1.64. The van der Waals surface area contributed by atoms with Gasteiger partial charge >= 0.3 is 11.9 Å². The van der Waals surface area contributed by atoms with Crippen molar-refractivity contribution in [3.63, 3.8) is 0 Å². The number of benzene rings is 1. The Morgan fingerprint density at radius 3 is 2.31 bits per heavy atom. The fraction of sp³-hybridized carbons (Fsp3) is 0.440. The van der Waals surface area contributed by atoms with Crippen molar-refractivity contribution < 1.29 is 29.3 Å². The minimum Gasteiger partial charge on any atom is -0.487 e. The summed E-state index contributed by atoms with van der Waals surface area (Å²) in [5.41, 5.74) is -0.822. The number of nitrogens with zero attached hydrogens (tertiary/aromatic N) is 1. The van der Waals surface area contributed by atoms with Gasteiger partial charge in [-0.2, -0.15) is 0 Å². The Morgan fingerprint density at radius 1 is 1.14 bits per heavy atom. The summed E-state index contributed by atoms with van der Waals surface area (Å²) in [5, 5.41) is 22.9. The van der Waals surface area contributed by atoms with Crippen LogP contribution in [0.1, 0.15) is 44.9 Å². The molecule has 0 bridgehead atoms. The molecule has 188 valence electrons. The van der Waals surface area contributed by atoms with Crippen LogP contribution >= 0.6 is 23.2 Å². The van der Waals surface area contributed by atoms with Gasteiger partial charge in [-0.3, -0.25) is 14.6 Å². The third-order valence-electron chi connectivity index (χ3n) is 7.29. The van der Waals surface area contributed by atoms with E-state index in [-0.39, 0.29) is 13.0 Å². The first kappa shape index (κ1) is 26.8. The third kappa shape index (κ3) is 5.54. The highest BCUT2D eigenvalue weighted by atomic mass is 35.5. The molecule has 1 saturated carbocycles. The van der Waals surface area contributed by atoms with E-state index >= 15 is 0 Å². The molecule has 0 saturated heterocycles. The smallest absolute Gasteiger partial charge is 0.326 e. The molecule has 0 spiro atoms. The number of carbonyl (C=O) groups is 3. The van der Waals surface area contributed by atoms with Crippen LogP contribution in [0.15, 0.2) is 36.5 Å². The fourth-order valence-electron chi connectivity index (χ4n) is 4.47. The second kappa shape index (κ2) is 10.4. The molecule has 1 heterocycles. The van der Waals surface area contributed by atoms with Gasteiger partial charge in [-0.05, 0) is 49.4 Å². The average Bonchev–Trinajstić information content (AvgIpc) is 3.03. The van der Waals surface area contributed by atoms with E-state index in [4.69, 9.17) is 27.9 Å². The number of hydrogen-bond acceptors (Lipinski definition) is 5. The highest BCUT2D eigenvalue weighted by molar-refractivity contribution is 6.35. The molecule has 0 aliphatic heterocycles. The number of amides is 1. The van der Waals surface area contributed by atoms with E-state index in [0.29, 0.717) is 39.9 Å². The lowest BCUT2D eigenvalue weighted by atomic mass is 9.65. The zero-order chi connectivity index (χ0) is 26.0. The summed E-state index contributed by atoms with van der Waals surface area (Å²) >= 11 is 12.3. The number of halogens is 2. The maximum absolute atomic E-state index is 13.0. The summed E-state index contributed by atoms with van der Waals surface area (Å²) in [5.74, 6) is -2.81. The standard InChI is InChI=1S/C25H28Cl2N2O6/c1-24(2)17(9-10-25(24,3)23(33)34)21(30)29-20(22(31)32)11-14-7-8-15(12-28-14)35-13-16-18(26)5-4-6-19(16)27/h4-8,12,17,20H,9-11,13H2,1-3H3,(H,29,30)(H,31,32)(H,33,34)/t17?,20?,25-/m0/s1. The van der Waals surface area contributed by atoms with E-state index in [1.807, 2.05) is 0 Å². The van der Waals surface area contributed by atoms with Gasteiger partial charge in [0.25, 0.3) is 0 Å². The van der Waals surface area contributed by atoms with E-state index < -0.39 is 40.6 Å². The van der Waals surface area contributed by atoms with Gasteiger partial charge in [0.15, 0.2) is 0 Å². The van der Waals surface area contributed by atoms with Crippen LogP contribution in [0.2, 0.25) is 10.0 Å². The van der Waals surface area contributed by atoms with Crippen molar-refractivity contribution in [3.8, 4) is 5.75 Å². The molecule has 1 aliphatic rings. The molecule has 2 aromatic rings. The Hall–Kier alpha value is -2.84. The van der Waals surface area contributed by atoms with Crippen molar-refractivity contribution in [2.45, 2.75) is 52.7 Å². The summed E-state index contributed by atoms with van der Waals surface area (Å²) in [6.45, 7) is 5.25. The molecule has 2 unspecified atom stereocenters. The molecule has 1 aliphatic carbocycles. The molecule has 0 radical (unpaired) electrons. The number of ether oxygens (including phenoxy) is 1. The maximum atomic E-state index is 13.0. The van der Waals surface area contributed by atoms with Gasteiger partial charge in [-0.1, -0.05) is 43.1 Å². The molecule has 1 amide bonds. The van der Waals surface area contributed by atoms with Gasteiger partial charge < -0.3 is 20.3 Å². The van der Waals surface area contributed by atoms with Crippen LogP contribution in [0.25, 0.3) is 0 Å². The number of aliphatic carboxylic acids is 2. The molecular weight excluding hydrogens is 495 g/mol. The lowest BCUT2D eigenvalue weighted by Gasteiger charge is -2.38. The van der Waals surface area contributed by atoms with Gasteiger partial charge in [0, 0.05) is 33.6 Å². The topological polar surface area (TPSA) is 126 Å². The van der Waals surface area contributed by atoms with Crippen molar-refractivity contribution >= 4 is 41.0 Å². The average molecular weight is 523 g/mol. The number of carboxylic acid groups (broad SMARTS) is 2. The Labute approximate surface area is 213 Å². The van der Waals surface area contributed by atoms with Gasteiger partial charge in [0.1, 0.15) is 18.4 Å². The molecule has 1 fully saturated rings. The van der Waals surface area contributed by atoms with E-state index in [2.05, 4.69) is 10.3 Å². The van der Waals surface area contributed by atoms with E-state index in [1.54, 1.807) is 51.1 Å². The van der Waals surface area contributed by atoms with Crippen LogP contribution in [0.3, 0.4) is 0 Å². The molecule has 3 rings (SSSR count). The van der Waals surface area contributed by atoms with Crippen molar-refractivity contribution in [2.75, 3.05) is 0 Å². The number of nitrogens with one attached hydrogen (secondary N) is 1. The lowest BCUT2D eigenvalue weighted by Crippen LogP contribution is -2.49. The monoisotopic (exact) mass is 522 g/mol. The maximum Gasteiger partial charge on any atom is 0.326 e. The van der Waals surface area contributed by atoms with Gasteiger partial charge in [0.05, 0.1) is 11.6 Å². The number of pyridine rings is 1. The number of hydrogen-bond donors (Lipinski definition) is 3. The molecule has 8 nitrogen and oxygen atoms in total. The first-order valence-electron chi connectivity index (χ1n) is 11.1. The van der Waals surface area contributed by atoms with Crippen molar-refractivity contribution in [3.05, 3.63) is 57.8 Å². The van der Waals surface area contributed by atoms with Gasteiger partial charge in [0.2, 0.25) is 5.91 Å². The number of rotatable bonds is 9. The summed E-state index contributed by atoms with van der Waals surface area (Å²) in [6.07, 6.45) is 2.13. The quantitative estimate of drug-likeness (QED) is 0.438. The van der Waals surface area contributed by atoms with Crippen LogP contribution in [0, 0.1) is 16.7 Å². The summed E-state index contributed by atoms with van der Waals surface area (Å²) in [6, 6.07) is 7.21. The largest absolute Gasteiger partial charge is 0.487 e. The minimum atomic E-state index is -1.21. The fourth-order valence-corrected chi connectivity index (χ4v) is 4.97. The van der Waals surface area contributed by atoms with E-state index in [1.165, 1.54) is 6.20 Å². The van der Waals surface area contributed by atoms with Crippen molar-refractivity contribution in [1.29, 1.82) is 0 Å². The Morgan fingerprint density at radius 2 is 1.80 bits per heavy atom.